The van der Waals surface area contributed by atoms with Crippen molar-refractivity contribution in [2.24, 2.45) is 5.92 Å². The highest BCUT2D eigenvalue weighted by Crippen LogP contribution is 2.39. The molecule has 0 aromatic carbocycles. The van der Waals surface area contributed by atoms with Gasteiger partial charge in [-0.15, -0.1) is 16.4 Å². The Hall–Kier alpha value is -2.34. The zero-order valence-electron chi connectivity index (χ0n) is 13.4. The van der Waals surface area contributed by atoms with Gasteiger partial charge >= 0.3 is 0 Å². The van der Waals surface area contributed by atoms with E-state index >= 15 is 0 Å². The van der Waals surface area contributed by atoms with Gasteiger partial charge in [-0.3, -0.25) is 4.98 Å². The summed E-state index contributed by atoms with van der Waals surface area (Å²) < 4.78 is 1.82. The normalized spacial score (nSPS) is 17.5. The molecule has 0 unspecified atom stereocenters. The van der Waals surface area contributed by atoms with Gasteiger partial charge in [0.1, 0.15) is 11.2 Å². The molecule has 0 bridgehead atoms. The van der Waals surface area contributed by atoms with Crippen LogP contribution in [-0.2, 0) is 12.8 Å². The van der Waals surface area contributed by atoms with Gasteiger partial charge in [0.15, 0.2) is 11.5 Å². The van der Waals surface area contributed by atoms with Crippen molar-refractivity contribution in [3.8, 4) is 11.4 Å². The first-order chi connectivity index (χ1) is 11.8. The number of rotatable bonds is 2. The standard InChI is InChI=1S/C18H17N5S/c1-2-11-3-4-13-14(9-11)24-18-15(13)17-21-16(22-23(17)10-20-18)12-5-7-19-8-6-12/h5-8,10-11H,2-4,9H2,1H3/t11-/m1/s1. The molecule has 1 atom stereocenters. The van der Waals surface area contributed by atoms with Crippen LogP contribution >= 0.6 is 11.3 Å². The van der Waals surface area contributed by atoms with Gasteiger partial charge < -0.3 is 0 Å². The number of pyridine rings is 1. The lowest BCUT2D eigenvalue weighted by atomic mass is 9.86. The van der Waals surface area contributed by atoms with Gasteiger partial charge in [0.2, 0.25) is 0 Å². The second-order valence-corrected chi connectivity index (χ2v) is 7.47. The second-order valence-electron chi connectivity index (χ2n) is 6.39. The van der Waals surface area contributed by atoms with Crippen molar-refractivity contribution in [3.05, 3.63) is 41.3 Å². The Morgan fingerprint density at radius 1 is 1.29 bits per heavy atom. The average molecular weight is 335 g/mol. The van der Waals surface area contributed by atoms with E-state index in [-0.39, 0.29) is 0 Å². The number of thiophene rings is 1. The highest BCUT2D eigenvalue weighted by molar-refractivity contribution is 7.19. The summed E-state index contributed by atoms with van der Waals surface area (Å²) in [5.41, 5.74) is 3.36. The van der Waals surface area contributed by atoms with E-state index in [1.54, 1.807) is 18.7 Å². The minimum absolute atomic E-state index is 0.730. The Morgan fingerprint density at radius 2 is 2.17 bits per heavy atom. The largest absolute Gasteiger partial charge is 0.265 e. The van der Waals surface area contributed by atoms with E-state index in [9.17, 15) is 0 Å². The summed E-state index contributed by atoms with van der Waals surface area (Å²) >= 11 is 1.84. The second kappa shape index (κ2) is 5.34. The third kappa shape index (κ3) is 2.06. The maximum atomic E-state index is 4.82. The summed E-state index contributed by atoms with van der Waals surface area (Å²) in [5.74, 6) is 1.54. The molecule has 0 fully saturated rings. The topological polar surface area (TPSA) is 56.0 Å². The minimum Gasteiger partial charge on any atom is -0.265 e. The van der Waals surface area contributed by atoms with Crippen LogP contribution in [0.5, 0.6) is 0 Å². The summed E-state index contributed by atoms with van der Waals surface area (Å²) in [5, 5.41) is 5.82. The molecule has 4 heterocycles. The first kappa shape index (κ1) is 14.0. The van der Waals surface area contributed by atoms with E-state index in [4.69, 9.17) is 4.98 Å². The maximum Gasteiger partial charge on any atom is 0.182 e. The molecule has 0 saturated carbocycles. The molecule has 0 N–H and O–H groups in total. The lowest BCUT2D eigenvalue weighted by Gasteiger charge is -2.20. The fourth-order valence-corrected chi connectivity index (χ4v) is 4.91. The van der Waals surface area contributed by atoms with Crippen LogP contribution in [0.4, 0.5) is 0 Å². The fourth-order valence-electron chi connectivity index (χ4n) is 3.61. The molecule has 1 aliphatic carbocycles. The minimum atomic E-state index is 0.730. The molecule has 120 valence electrons. The van der Waals surface area contributed by atoms with E-state index in [0.717, 1.165) is 34.2 Å². The molecule has 0 saturated heterocycles. The van der Waals surface area contributed by atoms with Crippen LogP contribution in [0.2, 0.25) is 0 Å². The SMILES string of the molecule is CC[C@@H]1CCc2c(sc3ncn4nc(-c5ccncc5)nc4c23)C1. The van der Waals surface area contributed by atoms with Gasteiger partial charge in [-0.2, -0.15) is 0 Å². The van der Waals surface area contributed by atoms with Crippen molar-refractivity contribution in [2.75, 3.05) is 0 Å². The van der Waals surface area contributed by atoms with E-state index < -0.39 is 0 Å². The number of aryl methyl sites for hydroxylation is 1. The molecule has 1 aliphatic rings. The van der Waals surface area contributed by atoms with Crippen LogP contribution in [-0.4, -0.2) is 24.6 Å². The molecular formula is C18H17N5S. The summed E-state index contributed by atoms with van der Waals surface area (Å²) in [4.78, 5) is 16.1. The van der Waals surface area contributed by atoms with Crippen molar-refractivity contribution in [1.29, 1.82) is 0 Å². The van der Waals surface area contributed by atoms with Crippen molar-refractivity contribution >= 4 is 27.2 Å². The lowest BCUT2D eigenvalue weighted by molar-refractivity contribution is 0.451. The molecule has 4 aromatic heterocycles. The summed E-state index contributed by atoms with van der Waals surface area (Å²) in [6.07, 6.45) is 10.2. The predicted molar refractivity (Wildman–Crippen MR) is 95.2 cm³/mol. The van der Waals surface area contributed by atoms with Gasteiger partial charge in [-0.05, 0) is 42.9 Å². The van der Waals surface area contributed by atoms with Crippen LogP contribution in [0.3, 0.4) is 0 Å². The summed E-state index contributed by atoms with van der Waals surface area (Å²) in [6.45, 7) is 2.29. The molecule has 5 nitrogen and oxygen atoms in total. The van der Waals surface area contributed by atoms with Gasteiger partial charge in [0.05, 0.1) is 5.39 Å². The zero-order chi connectivity index (χ0) is 16.1. The Labute approximate surface area is 143 Å². The maximum absolute atomic E-state index is 4.82. The van der Waals surface area contributed by atoms with E-state index in [1.165, 1.54) is 35.1 Å². The van der Waals surface area contributed by atoms with Gasteiger partial charge in [-0.25, -0.2) is 14.5 Å². The Bertz CT molecular complexity index is 1030. The first-order valence-corrected chi connectivity index (χ1v) is 9.21. The van der Waals surface area contributed by atoms with Crippen molar-refractivity contribution < 1.29 is 0 Å². The summed E-state index contributed by atoms with van der Waals surface area (Å²) in [6, 6.07) is 3.88. The zero-order valence-corrected chi connectivity index (χ0v) is 14.3. The van der Waals surface area contributed by atoms with E-state index in [2.05, 4.69) is 22.0 Å². The Balaban J connectivity index is 1.73. The van der Waals surface area contributed by atoms with E-state index in [1.807, 2.05) is 28.0 Å². The van der Waals surface area contributed by atoms with Crippen LogP contribution in [0.1, 0.15) is 30.2 Å². The van der Waals surface area contributed by atoms with E-state index in [0.29, 0.717) is 0 Å². The number of hydrogen-bond acceptors (Lipinski definition) is 5. The Kier molecular flexibility index (Phi) is 3.13. The number of hydrogen-bond donors (Lipinski definition) is 0. The molecular weight excluding hydrogens is 318 g/mol. The van der Waals surface area contributed by atoms with Crippen LogP contribution < -0.4 is 0 Å². The number of nitrogens with zero attached hydrogens (tertiary/aromatic N) is 5. The first-order valence-electron chi connectivity index (χ1n) is 8.39. The highest BCUT2D eigenvalue weighted by Gasteiger charge is 2.24. The Morgan fingerprint density at radius 3 is 3.00 bits per heavy atom. The quantitative estimate of drug-likeness (QED) is 0.557. The number of fused-ring (bicyclic) bond motifs is 5. The predicted octanol–water partition coefficient (Wildman–Crippen LogP) is 3.92. The fraction of sp³-hybridized carbons (Fsp3) is 0.333. The molecule has 4 aromatic rings. The molecule has 5 rings (SSSR count). The highest BCUT2D eigenvalue weighted by atomic mass is 32.1. The number of aromatic nitrogens is 5. The lowest BCUT2D eigenvalue weighted by Crippen LogP contribution is -2.11. The molecule has 6 heteroatoms. The van der Waals surface area contributed by atoms with Crippen molar-refractivity contribution in [1.82, 2.24) is 24.6 Å². The third-order valence-corrected chi connectivity index (χ3v) is 6.17. The van der Waals surface area contributed by atoms with Crippen LogP contribution in [0, 0.1) is 5.92 Å². The molecule has 0 amide bonds. The average Bonchev–Trinajstić information content (AvgIpc) is 3.22. The van der Waals surface area contributed by atoms with Crippen LogP contribution in [0.25, 0.3) is 27.3 Å². The van der Waals surface area contributed by atoms with Gasteiger partial charge in [-0.1, -0.05) is 13.3 Å². The van der Waals surface area contributed by atoms with Gasteiger partial charge in [0.25, 0.3) is 0 Å². The summed E-state index contributed by atoms with van der Waals surface area (Å²) in [7, 11) is 0. The van der Waals surface area contributed by atoms with Crippen LogP contribution in [0.15, 0.2) is 30.9 Å². The van der Waals surface area contributed by atoms with Crippen molar-refractivity contribution in [2.45, 2.75) is 32.6 Å². The third-order valence-electron chi connectivity index (χ3n) is 5.00. The van der Waals surface area contributed by atoms with Gasteiger partial charge in [0, 0.05) is 22.8 Å². The molecule has 0 radical (unpaired) electrons. The molecule has 0 aliphatic heterocycles. The monoisotopic (exact) mass is 335 g/mol. The molecule has 0 spiro atoms. The smallest absolute Gasteiger partial charge is 0.182 e. The van der Waals surface area contributed by atoms with Crippen molar-refractivity contribution in [3.63, 3.8) is 0 Å². The molecule has 24 heavy (non-hydrogen) atoms.